The van der Waals surface area contributed by atoms with Gasteiger partial charge in [0.05, 0.1) is 22.7 Å². The van der Waals surface area contributed by atoms with E-state index in [1.54, 1.807) is 6.08 Å². The van der Waals surface area contributed by atoms with Crippen molar-refractivity contribution >= 4 is 49.0 Å². The molecule has 8 aromatic rings. The number of hydrogen-bond acceptors (Lipinski definition) is 2. The third-order valence-electron chi connectivity index (χ3n) is 9.05. The Hall–Kier alpha value is -6.50. The summed E-state index contributed by atoms with van der Waals surface area (Å²) in [5.74, 6) is 0.800. The molecule has 226 valence electrons. The lowest BCUT2D eigenvalue weighted by Gasteiger charge is -2.18. The molecule has 0 bridgehead atoms. The van der Waals surface area contributed by atoms with Gasteiger partial charge in [0.2, 0.25) is 0 Å². The number of hydrogen-bond donors (Lipinski definition) is 0. The fourth-order valence-electron chi connectivity index (χ4n) is 7.01. The fourth-order valence-corrected chi connectivity index (χ4v) is 7.01. The second kappa shape index (κ2) is 12.0. The molecule has 8 rings (SSSR count). The number of nitrogens with zero attached hydrogens (tertiary/aromatic N) is 3. The van der Waals surface area contributed by atoms with Gasteiger partial charge in [0.25, 0.3) is 0 Å². The third kappa shape index (κ3) is 4.80. The van der Waals surface area contributed by atoms with Crippen LogP contribution in [0.15, 0.2) is 164 Å². The molecule has 0 aliphatic heterocycles. The first-order valence-electron chi connectivity index (χ1n) is 16.1. The molecule has 0 amide bonds. The molecule has 0 N–H and O–H groups in total. The van der Waals surface area contributed by atoms with Gasteiger partial charge in [-0.25, -0.2) is 4.98 Å². The smallest absolute Gasteiger partial charge is 0.145 e. The molecule has 0 radical (unpaired) electrons. The molecule has 48 heavy (non-hydrogen) atoms. The van der Waals surface area contributed by atoms with Crippen LogP contribution >= 0.6 is 0 Å². The number of imidazole rings is 1. The highest BCUT2D eigenvalue weighted by molar-refractivity contribution is 6.21. The summed E-state index contributed by atoms with van der Waals surface area (Å²) in [6.45, 7) is 5.97. The molecule has 0 aliphatic carbocycles. The summed E-state index contributed by atoms with van der Waals surface area (Å²) in [6.07, 6.45) is 7.85. The minimum absolute atomic E-state index is 0.581. The maximum absolute atomic E-state index is 9.62. The highest BCUT2D eigenvalue weighted by Crippen LogP contribution is 2.44. The Morgan fingerprint density at radius 3 is 1.94 bits per heavy atom. The van der Waals surface area contributed by atoms with Crippen LogP contribution in [-0.2, 0) is 0 Å². The van der Waals surface area contributed by atoms with Gasteiger partial charge in [-0.2, -0.15) is 5.26 Å². The molecular weight excluding hydrogens is 583 g/mol. The highest BCUT2D eigenvalue weighted by Gasteiger charge is 2.19. The molecule has 1 aromatic heterocycles. The Bertz CT molecular complexity index is 2600. The SMILES string of the molecule is C=C/C=C(\C=C/C)n1c(-c2cccc(-c3c4ccccc4c(-c4ccc5ccccc5c4)c4ccccc34)c2)nc2cc(C#N)ccc21. The average molecular weight is 614 g/mol. The van der Waals surface area contributed by atoms with Crippen LogP contribution in [0.25, 0.3) is 82.7 Å². The van der Waals surface area contributed by atoms with Crippen LogP contribution in [0.1, 0.15) is 12.5 Å². The van der Waals surface area contributed by atoms with Crippen molar-refractivity contribution in [3.8, 4) is 39.7 Å². The number of benzene rings is 7. The Morgan fingerprint density at radius 1 is 0.667 bits per heavy atom. The predicted octanol–water partition coefficient (Wildman–Crippen LogP) is 12.0. The number of allylic oxidation sites excluding steroid dienone is 5. The normalized spacial score (nSPS) is 12.0. The molecule has 0 spiro atoms. The minimum atomic E-state index is 0.581. The zero-order valence-corrected chi connectivity index (χ0v) is 26.6. The van der Waals surface area contributed by atoms with Crippen LogP contribution in [0, 0.1) is 11.3 Å². The van der Waals surface area contributed by atoms with Crippen molar-refractivity contribution in [3.05, 3.63) is 170 Å². The van der Waals surface area contributed by atoms with E-state index in [2.05, 4.69) is 139 Å². The van der Waals surface area contributed by atoms with Crippen LogP contribution in [0.4, 0.5) is 0 Å². The van der Waals surface area contributed by atoms with Gasteiger partial charge >= 0.3 is 0 Å². The van der Waals surface area contributed by atoms with E-state index < -0.39 is 0 Å². The summed E-state index contributed by atoms with van der Waals surface area (Å²) < 4.78 is 2.15. The van der Waals surface area contributed by atoms with Crippen molar-refractivity contribution < 1.29 is 0 Å². The molecule has 3 heteroatoms. The molecule has 0 aliphatic rings. The van der Waals surface area contributed by atoms with Crippen molar-refractivity contribution in [2.24, 2.45) is 0 Å². The van der Waals surface area contributed by atoms with Gasteiger partial charge in [-0.1, -0.05) is 122 Å². The fraction of sp³-hybridized carbons (Fsp3) is 0.0222. The van der Waals surface area contributed by atoms with Crippen LogP contribution < -0.4 is 0 Å². The summed E-state index contributed by atoms with van der Waals surface area (Å²) in [4.78, 5) is 5.12. The van der Waals surface area contributed by atoms with E-state index in [1.165, 1.54) is 49.0 Å². The zero-order chi connectivity index (χ0) is 32.6. The van der Waals surface area contributed by atoms with E-state index in [1.807, 2.05) is 37.3 Å². The van der Waals surface area contributed by atoms with Gasteiger partial charge in [-0.3, -0.25) is 4.57 Å². The lowest BCUT2D eigenvalue weighted by atomic mass is 9.85. The van der Waals surface area contributed by atoms with Crippen LogP contribution in [0.2, 0.25) is 0 Å². The number of rotatable bonds is 6. The molecule has 0 saturated heterocycles. The number of fused-ring (bicyclic) bond motifs is 4. The average Bonchev–Trinajstić information content (AvgIpc) is 3.52. The maximum Gasteiger partial charge on any atom is 0.145 e. The summed E-state index contributed by atoms with van der Waals surface area (Å²) >= 11 is 0. The van der Waals surface area contributed by atoms with Gasteiger partial charge < -0.3 is 0 Å². The first-order chi connectivity index (χ1) is 23.7. The summed E-state index contributed by atoms with van der Waals surface area (Å²) in [7, 11) is 0. The maximum atomic E-state index is 9.62. The topological polar surface area (TPSA) is 41.6 Å². The minimum Gasteiger partial charge on any atom is -0.292 e. The van der Waals surface area contributed by atoms with Crippen LogP contribution in [-0.4, -0.2) is 9.55 Å². The van der Waals surface area contributed by atoms with Crippen molar-refractivity contribution in [1.82, 2.24) is 9.55 Å². The van der Waals surface area contributed by atoms with E-state index in [0.717, 1.165) is 33.7 Å². The lowest BCUT2D eigenvalue weighted by molar-refractivity contribution is 1.14. The quantitative estimate of drug-likeness (QED) is 0.138. The highest BCUT2D eigenvalue weighted by atomic mass is 15.1. The monoisotopic (exact) mass is 613 g/mol. The summed E-state index contributed by atoms with van der Waals surface area (Å²) in [6, 6.07) is 49.4. The lowest BCUT2D eigenvalue weighted by Crippen LogP contribution is -1.99. The van der Waals surface area contributed by atoms with E-state index in [4.69, 9.17) is 4.98 Å². The third-order valence-corrected chi connectivity index (χ3v) is 9.05. The summed E-state index contributed by atoms with van der Waals surface area (Å²) in [5.41, 5.74) is 8.95. The second-order valence-corrected chi connectivity index (χ2v) is 11.9. The molecular formula is C45H31N3. The van der Waals surface area contributed by atoms with Crippen LogP contribution in [0.3, 0.4) is 0 Å². The molecule has 0 unspecified atom stereocenters. The molecule has 0 atom stereocenters. The van der Waals surface area contributed by atoms with Gasteiger partial charge in [0.1, 0.15) is 5.82 Å². The Morgan fingerprint density at radius 2 is 1.29 bits per heavy atom. The van der Waals surface area contributed by atoms with Gasteiger partial charge in [0, 0.05) is 11.3 Å². The van der Waals surface area contributed by atoms with Gasteiger partial charge in [-0.05, 0) is 104 Å². The van der Waals surface area contributed by atoms with Gasteiger partial charge in [-0.15, -0.1) is 0 Å². The Balaban J connectivity index is 1.40. The van der Waals surface area contributed by atoms with E-state index in [-0.39, 0.29) is 0 Å². The van der Waals surface area contributed by atoms with Crippen LogP contribution in [0.5, 0.6) is 0 Å². The summed E-state index contributed by atoms with van der Waals surface area (Å²) in [5, 5.41) is 16.9. The molecule has 0 fully saturated rings. The predicted molar refractivity (Wildman–Crippen MR) is 203 cm³/mol. The van der Waals surface area contributed by atoms with Crippen molar-refractivity contribution in [3.63, 3.8) is 0 Å². The van der Waals surface area contributed by atoms with Gasteiger partial charge in [0.15, 0.2) is 0 Å². The van der Waals surface area contributed by atoms with E-state index in [9.17, 15) is 5.26 Å². The van der Waals surface area contributed by atoms with Crippen molar-refractivity contribution in [2.75, 3.05) is 0 Å². The standard InChI is InChI=1S/C45H31N3/c1-3-12-36(13-4-2)48-42-25-22-30(29-46)26-41(42)47-45(48)35-17-11-16-33(28-35)43-37-18-7-9-20-39(37)44(40-21-10-8-19-38(40)43)34-24-23-31-14-5-6-15-32(31)27-34/h3-28H,1H2,2H3/b13-4-,36-12+. The molecule has 3 nitrogen and oxygen atoms in total. The molecule has 0 saturated carbocycles. The molecule has 1 heterocycles. The van der Waals surface area contributed by atoms with E-state index in [0.29, 0.717) is 5.56 Å². The first kappa shape index (κ1) is 28.9. The van der Waals surface area contributed by atoms with Crippen molar-refractivity contribution in [1.29, 1.82) is 5.26 Å². The zero-order valence-electron chi connectivity index (χ0n) is 26.6. The second-order valence-electron chi connectivity index (χ2n) is 11.9. The molecule has 7 aromatic carbocycles. The number of aromatic nitrogens is 2. The number of nitriles is 1. The Labute approximate surface area is 279 Å². The largest absolute Gasteiger partial charge is 0.292 e. The van der Waals surface area contributed by atoms with Crippen molar-refractivity contribution in [2.45, 2.75) is 6.92 Å². The van der Waals surface area contributed by atoms with E-state index >= 15 is 0 Å². The Kier molecular flexibility index (Phi) is 7.25. The first-order valence-corrected chi connectivity index (χ1v) is 16.1.